The standard InChI is InChI=1S/C15H12N4O2S/c16-13-9-5-11(7-1-3-8(4-2-7)14(17)20)22-12(9)10(6-19-13)15(18)21/h1-6H,(H2,16,19)(H2,17,20)(H2,18,21). The van der Waals surface area contributed by atoms with Crippen molar-refractivity contribution in [2.75, 3.05) is 5.73 Å². The number of benzene rings is 1. The lowest BCUT2D eigenvalue weighted by molar-refractivity contribution is 0.0992. The molecule has 3 rings (SSSR count). The summed E-state index contributed by atoms with van der Waals surface area (Å²) < 4.78 is 0.703. The van der Waals surface area contributed by atoms with Gasteiger partial charge < -0.3 is 17.2 Å². The first-order chi connectivity index (χ1) is 10.5. The van der Waals surface area contributed by atoms with E-state index >= 15 is 0 Å². The molecular formula is C15H12N4O2S. The van der Waals surface area contributed by atoms with Crippen LogP contribution in [0.4, 0.5) is 5.82 Å². The van der Waals surface area contributed by atoms with E-state index in [0.717, 1.165) is 10.4 Å². The summed E-state index contributed by atoms with van der Waals surface area (Å²) >= 11 is 1.40. The largest absolute Gasteiger partial charge is 0.383 e. The van der Waals surface area contributed by atoms with Crippen LogP contribution in [0.25, 0.3) is 20.5 Å². The van der Waals surface area contributed by atoms with Crippen molar-refractivity contribution in [3.63, 3.8) is 0 Å². The molecule has 0 spiro atoms. The van der Waals surface area contributed by atoms with E-state index in [4.69, 9.17) is 17.2 Å². The van der Waals surface area contributed by atoms with E-state index in [1.54, 1.807) is 24.3 Å². The highest BCUT2D eigenvalue weighted by Gasteiger charge is 2.14. The Balaban J connectivity index is 2.16. The number of aromatic nitrogens is 1. The van der Waals surface area contributed by atoms with Crippen LogP contribution >= 0.6 is 11.3 Å². The van der Waals surface area contributed by atoms with Crippen LogP contribution in [0.3, 0.4) is 0 Å². The van der Waals surface area contributed by atoms with E-state index in [1.807, 2.05) is 6.07 Å². The molecule has 7 heteroatoms. The summed E-state index contributed by atoms with van der Waals surface area (Å²) in [7, 11) is 0. The van der Waals surface area contributed by atoms with Crippen LogP contribution in [0.5, 0.6) is 0 Å². The molecule has 2 aromatic heterocycles. The summed E-state index contributed by atoms with van der Waals surface area (Å²) in [5.41, 5.74) is 18.1. The van der Waals surface area contributed by atoms with Crippen molar-refractivity contribution in [2.24, 2.45) is 11.5 Å². The fourth-order valence-corrected chi connectivity index (χ4v) is 3.35. The highest BCUT2D eigenvalue weighted by atomic mass is 32.1. The van der Waals surface area contributed by atoms with Crippen LogP contribution in [0.2, 0.25) is 0 Å². The van der Waals surface area contributed by atoms with Gasteiger partial charge in [-0.25, -0.2) is 4.98 Å². The normalized spacial score (nSPS) is 10.7. The predicted molar refractivity (Wildman–Crippen MR) is 86.5 cm³/mol. The van der Waals surface area contributed by atoms with Crippen molar-refractivity contribution in [1.82, 2.24) is 4.98 Å². The smallest absolute Gasteiger partial charge is 0.251 e. The Morgan fingerprint density at radius 3 is 2.32 bits per heavy atom. The van der Waals surface area contributed by atoms with Gasteiger partial charge in [-0.05, 0) is 23.8 Å². The number of amides is 2. The summed E-state index contributed by atoms with van der Waals surface area (Å²) in [4.78, 5) is 27.5. The highest BCUT2D eigenvalue weighted by molar-refractivity contribution is 7.22. The van der Waals surface area contributed by atoms with Crippen molar-refractivity contribution in [1.29, 1.82) is 0 Å². The Kier molecular flexibility index (Phi) is 3.26. The molecule has 0 fully saturated rings. The number of anilines is 1. The number of rotatable bonds is 3. The molecule has 2 heterocycles. The maximum absolute atomic E-state index is 11.5. The lowest BCUT2D eigenvalue weighted by Gasteiger charge is -1.99. The van der Waals surface area contributed by atoms with E-state index in [-0.39, 0.29) is 0 Å². The van der Waals surface area contributed by atoms with Crippen LogP contribution in [0.1, 0.15) is 20.7 Å². The van der Waals surface area contributed by atoms with Crippen molar-refractivity contribution < 1.29 is 9.59 Å². The maximum atomic E-state index is 11.5. The number of thiophene rings is 1. The molecule has 0 atom stereocenters. The van der Waals surface area contributed by atoms with Gasteiger partial charge in [-0.1, -0.05) is 12.1 Å². The number of pyridine rings is 1. The quantitative estimate of drug-likeness (QED) is 0.681. The van der Waals surface area contributed by atoms with Crippen molar-refractivity contribution in [2.45, 2.75) is 0 Å². The molecule has 0 aliphatic carbocycles. The molecule has 0 aliphatic heterocycles. The van der Waals surface area contributed by atoms with Crippen LogP contribution in [0, 0.1) is 0 Å². The molecular weight excluding hydrogens is 300 g/mol. The van der Waals surface area contributed by atoms with Gasteiger partial charge in [-0.2, -0.15) is 0 Å². The second kappa shape index (κ2) is 5.12. The van der Waals surface area contributed by atoms with Gasteiger partial charge in [-0.3, -0.25) is 9.59 Å². The zero-order valence-corrected chi connectivity index (χ0v) is 12.2. The number of carbonyl (C=O) groups excluding carboxylic acids is 2. The fraction of sp³-hybridized carbons (Fsp3) is 0. The number of hydrogen-bond donors (Lipinski definition) is 3. The first-order valence-electron chi connectivity index (χ1n) is 6.35. The zero-order chi connectivity index (χ0) is 15.9. The first-order valence-corrected chi connectivity index (χ1v) is 7.17. The summed E-state index contributed by atoms with van der Waals surface area (Å²) in [5.74, 6) is -0.682. The van der Waals surface area contributed by atoms with Gasteiger partial charge in [0, 0.05) is 22.0 Å². The number of nitrogen functional groups attached to an aromatic ring is 1. The Hall–Kier alpha value is -2.93. The number of nitrogens with two attached hydrogens (primary N) is 3. The Bertz CT molecular complexity index is 900. The van der Waals surface area contributed by atoms with E-state index in [9.17, 15) is 9.59 Å². The monoisotopic (exact) mass is 312 g/mol. The summed E-state index contributed by atoms with van der Waals surface area (Å²) in [6.45, 7) is 0. The third-order valence-corrected chi connectivity index (χ3v) is 4.52. The molecule has 0 aliphatic rings. The highest BCUT2D eigenvalue weighted by Crippen LogP contribution is 2.37. The van der Waals surface area contributed by atoms with E-state index < -0.39 is 11.8 Å². The van der Waals surface area contributed by atoms with Gasteiger partial charge in [0.2, 0.25) is 5.91 Å². The molecule has 0 unspecified atom stereocenters. The van der Waals surface area contributed by atoms with Crippen LogP contribution in [-0.2, 0) is 0 Å². The summed E-state index contributed by atoms with van der Waals surface area (Å²) in [6, 6.07) is 8.74. The molecule has 0 saturated carbocycles. The molecule has 1 aromatic carbocycles. The van der Waals surface area contributed by atoms with Gasteiger partial charge in [0.1, 0.15) is 5.82 Å². The Morgan fingerprint density at radius 2 is 1.73 bits per heavy atom. The fourth-order valence-electron chi connectivity index (χ4n) is 2.16. The van der Waals surface area contributed by atoms with E-state index in [2.05, 4.69) is 4.98 Å². The lowest BCUT2D eigenvalue weighted by Crippen LogP contribution is -2.11. The average Bonchev–Trinajstić information content (AvgIpc) is 2.93. The van der Waals surface area contributed by atoms with Gasteiger partial charge in [0.15, 0.2) is 0 Å². The summed E-state index contributed by atoms with van der Waals surface area (Å²) in [6.07, 6.45) is 1.39. The second-order valence-electron chi connectivity index (χ2n) is 4.72. The number of fused-ring (bicyclic) bond motifs is 1. The zero-order valence-electron chi connectivity index (χ0n) is 11.4. The molecule has 3 aromatic rings. The number of nitrogens with zero attached hydrogens (tertiary/aromatic N) is 1. The molecule has 6 N–H and O–H groups in total. The first kappa shape index (κ1) is 14.0. The lowest BCUT2D eigenvalue weighted by atomic mass is 10.1. The average molecular weight is 312 g/mol. The molecule has 0 radical (unpaired) electrons. The second-order valence-corrected chi connectivity index (χ2v) is 5.77. The Labute approximate surface area is 129 Å². The van der Waals surface area contributed by atoms with E-state index in [0.29, 0.717) is 27.0 Å². The Morgan fingerprint density at radius 1 is 1.05 bits per heavy atom. The summed E-state index contributed by atoms with van der Waals surface area (Å²) in [5, 5.41) is 0.690. The van der Waals surface area contributed by atoms with E-state index in [1.165, 1.54) is 17.5 Å². The minimum Gasteiger partial charge on any atom is -0.383 e. The molecule has 0 saturated heterocycles. The van der Waals surface area contributed by atoms with Gasteiger partial charge in [-0.15, -0.1) is 11.3 Å². The predicted octanol–water partition coefficient (Wildman–Crippen LogP) is 1.74. The molecule has 2 amide bonds. The van der Waals surface area contributed by atoms with Crippen LogP contribution < -0.4 is 17.2 Å². The van der Waals surface area contributed by atoms with Crippen molar-refractivity contribution in [3.8, 4) is 10.4 Å². The van der Waals surface area contributed by atoms with Crippen molar-refractivity contribution in [3.05, 3.63) is 47.7 Å². The minimum absolute atomic E-state index is 0.342. The third-order valence-electron chi connectivity index (χ3n) is 3.30. The van der Waals surface area contributed by atoms with Gasteiger partial charge in [0.05, 0.1) is 10.3 Å². The number of carbonyl (C=O) groups is 2. The molecule has 0 bridgehead atoms. The molecule has 6 nitrogen and oxygen atoms in total. The molecule has 110 valence electrons. The number of primary amides is 2. The topological polar surface area (TPSA) is 125 Å². The molecule has 22 heavy (non-hydrogen) atoms. The van der Waals surface area contributed by atoms with Crippen molar-refractivity contribution >= 4 is 39.1 Å². The SMILES string of the molecule is NC(=O)c1ccc(-c2cc3c(N)ncc(C(N)=O)c3s2)cc1. The van der Waals surface area contributed by atoms with Crippen LogP contribution in [0.15, 0.2) is 36.5 Å². The van der Waals surface area contributed by atoms with Gasteiger partial charge >= 0.3 is 0 Å². The third kappa shape index (κ3) is 2.27. The maximum Gasteiger partial charge on any atom is 0.251 e. The van der Waals surface area contributed by atoms with Crippen LogP contribution in [-0.4, -0.2) is 16.8 Å². The number of hydrogen-bond acceptors (Lipinski definition) is 5. The minimum atomic E-state index is -0.546. The van der Waals surface area contributed by atoms with Gasteiger partial charge in [0.25, 0.3) is 5.91 Å².